The van der Waals surface area contributed by atoms with E-state index in [1.165, 1.54) is 11.8 Å². The highest BCUT2D eigenvalue weighted by atomic mass is 32.2. The Morgan fingerprint density at radius 2 is 1.16 bits per heavy atom. The number of hydrogen-bond donors (Lipinski definition) is 0. The second kappa shape index (κ2) is 11.8. The Morgan fingerprint density at radius 3 is 1.48 bits per heavy atom. The van der Waals surface area contributed by atoms with Crippen molar-refractivity contribution in [3.8, 4) is 0 Å². The van der Waals surface area contributed by atoms with Gasteiger partial charge in [0.2, 0.25) is 0 Å². The van der Waals surface area contributed by atoms with Crippen LogP contribution < -0.4 is 0 Å². The van der Waals surface area contributed by atoms with Gasteiger partial charge in [0.25, 0.3) is 0 Å². The Hall–Kier alpha value is 0.150. The molecule has 0 aromatic rings. The van der Waals surface area contributed by atoms with Gasteiger partial charge >= 0.3 is 0 Å². The molecule has 0 spiro atoms. The van der Waals surface area contributed by atoms with E-state index in [4.69, 9.17) is 24.4 Å². The zero-order valence-electron chi connectivity index (χ0n) is 17.0. The van der Waals surface area contributed by atoms with Crippen LogP contribution in [0.25, 0.3) is 0 Å². The molecule has 1 atom stereocenters. The molecule has 7 heteroatoms. The number of carbonyl (C=O) groups is 1. The van der Waals surface area contributed by atoms with E-state index in [9.17, 15) is 4.79 Å². The van der Waals surface area contributed by atoms with Crippen molar-refractivity contribution in [3.63, 3.8) is 0 Å². The van der Waals surface area contributed by atoms with Crippen LogP contribution in [0.2, 0.25) is 0 Å². The molecule has 0 radical (unpaired) electrons. The largest absolute Gasteiger partial charge is 0.353 e. The molecule has 0 rings (SSSR count). The van der Waals surface area contributed by atoms with Gasteiger partial charge in [-0.15, -0.1) is 0 Å². The lowest BCUT2D eigenvalue weighted by atomic mass is 10.2. The summed E-state index contributed by atoms with van der Waals surface area (Å²) in [5.41, 5.74) is 0. The summed E-state index contributed by atoms with van der Waals surface area (Å²) in [4.78, 5) is 16.5. The fraction of sp³-hybridized carbons (Fsp3) is 0.833. The molecule has 0 saturated carbocycles. The molecular weight excluding hydrogens is 388 g/mol. The molecule has 0 aromatic heterocycles. The maximum atomic E-state index is 12.1. The first kappa shape index (κ1) is 25.1. The Kier molecular flexibility index (Phi) is 11.8. The van der Waals surface area contributed by atoms with E-state index in [0.29, 0.717) is 29.9 Å². The van der Waals surface area contributed by atoms with Crippen LogP contribution in [0, 0.1) is 0 Å². The summed E-state index contributed by atoms with van der Waals surface area (Å²) in [6.07, 6.45) is 0. The van der Waals surface area contributed by atoms with Gasteiger partial charge in [0.05, 0.1) is 5.25 Å². The average Bonchev–Trinajstić information content (AvgIpc) is 2.41. The number of nitrogens with zero attached hydrogens (tertiary/aromatic N) is 2. The lowest BCUT2D eigenvalue weighted by Crippen LogP contribution is -2.41. The number of rotatable bonds is 8. The number of hydrogen-bond acceptors (Lipinski definition) is 5. The first-order valence-corrected chi connectivity index (χ1v) is 11.5. The van der Waals surface area contributed by atoms with Crippen molar-refractivity contribution in [2.24, 2.45) is 0 Å². The predicted molar refractivity (Wildman–Crippen MR) is 124 cm³/mol. The van der Waals surface area contributed by atoms with Crippen molar-refractivity contribution in [2.45, 2.75) is 91.7 Å². The fourth-order valence-corrected chi connectivity index (χ4v) is 6.60. The molecule has 0 heterocycles. The second-order valence-electron chi connectivity index (χ2n) is 7.25. The van der Waals surface area contributed by atoms with Gasteiger partial charge in [-0.3, -0.25) is 4.79 Å². The number of carbonyl (C=O) groups excluding carboxylic acids is 1. The van der Waals surface area contributed by atoms with Crippen LogP contribution in [0.1, 0.15) is 62.3 Å². The van der Waals surface area contributed by atoms with Gasteiger partial charge in [-0.1, -0.05) is 48.0 Å². The normalized spacial score (nSPS) is 12.8. The molecule has 0 aliphatic carbocycles. The van der Waals surface area contributed by atoms with E-state index >= 15 is 0 Å². The Bertz CT molecular complexity index is 448. The molecule has 0 fully saturated rings. The van der Waals surface area contributed by atoms with Crippen molar-refractivity contribution in [2.75, 3.05) is 5.75 Å². The molecule has 0 amide bonds. The van der Waals surface area contributed by atoms with Crippen molar-refractivity contribution in [1.82, 2.24) is 9.80 Å². The van der Waals surface area contributed by atoms with E-state index < -0.39 is 0 Å². The number of Topliss-reactive ketones (excluding diaryl/α,β-unsaturated/α-hetero) is 1. The van der Waals surface area contributed by atoms with Gasteiger partial charge in [-0.2, -0.15) is 0 Å². The summed E-state index contributed by atoms with van der Waals surface area (Å²) in [6.45, 7) is 18.7. The molecule has 146 valence electrons. The number of thioether (sulfide) groups is 2. The standard InChI is InChI=1S/C18H34N2OS4/c1-11(2)19(12(3)4)17(22)24-10-16(15(9)21)25-18(23)20(13(5)6)14(7)8/h11-14,16H,10H2,1-9H3. The maximum absolute atomic E-state index is 12.1. The number of thiocarbonyl (C=S) groups is 2. The predicted octanol–water partition coefficient (Wildman–Crippen LogP) is 5.22. The lowest BCUT2D eigenvalue weighted by Gasteiger charge is -2.34. The van der Waals surface area contributed by atoms with Gasteiger partial charge in [0.1, 0.15) is 14.4 Å². The molecule has 1 unspecified atom stereocenters. The molecule has 0 saturated heterocycles. The second-order valence-corrected chi connectivity index (χ2v) is 10.7. The third kappa shape index (κ3) is 8.59. The summed E-state index contributed by atoms with van der Waals surface area (Å²) in [5, 5.41) is -0.170. The number of ketones is 1. The molecule has 0 aliphatic rings. The average molecular weight is 423 g/mol. The minimum atomic E-state index is -0.170. The van der Waals surface area contributed by atoms with Crippen molar-refractivity contribution in [1.29, 1.82) is 0 Å². The highest BCUT2D eigenvalue weighted by Gasteiger charge is 2.25. The molecule has 0 bridgehead atoms. The van der Waals surface area contributed by atoms with Crippen molar-refractivity contribution >= 4 is 62.4 Å². The smallest absolute Gasteiger partial charge is 0.144 e. The van der Waals surface area contributed by atoms with Crippen LogP contribution in [-0.2, 0) is 4.79 Å². The van der Waals surface area contributed by atoms with Crippen molar-refractivity contribution in [3.05, 3.63) is 0 Å². The third-order valence-corrected chi connectivity index (χ3v) is 7.13. The molecule has 0 aliphatic heterocycles. The monoisotopic (exact) mass is 422 g/mol. The van der Waals surface area contributed by atoms with E-state index in [0.717, 1.165) is 8.64 Å². The zero-order chi connectivity index (χ0) is 19.9. The van der Waals surface area contributed by atoms with Gasteiger partial charge in [0.15, 0.2) is 0 Å². The Labute approximate surface area is 174 Å². The highest BCUT2D eigenvalue weighted by Crippen LogP contribution is 2.26. The summed E-state index contributed by atoms with van der Waals surface area (Å²) in [7, 11) is 0. The van der Waals surface area contributed by atoms with E-state index in [2.05, 4.69) is 65.2 Å². The third-order valence-electron chi connectivity index (χ3n) is 3.70. The van der Waals surface area contributed by atoms with Crippen LogP contribution in [0.4, 0.5) is 0 Å². The highest BCUT2D eigenvalue weighted by molar-refractivity contribution is 8.26. The summed E-state index contributed by atoms with van der Waals surface area (Å²) in [6, 6.07) is 1.33. The van der Waals surface area contributed by atoms with Gasteiger partial charge < -0.3 is 9.80 Å². The van der Waals surface area contributed by atoms with E-state index in [1.807, 2.05) is 0 Å². The van der Waals surface area contributed by atoms with Crippen LogP contribution in [0.5, 0.6) is 0 Å². The van der Waals surface area contributed by atoms with E-state index in [-0.39, 0.29) is 11.0 Å². The first-order chi connectivity index (χ1) is 11.4. The van der Waals surface area contributed by atoms with Crippen LogP contribution >= 0.6 is 48.0 Å². The molecule has 0 aromatic carbocycles. The van der Waals surface area contributed by atoms with Crippen LogP contribution in [-0.4, -0.2) is 59.4 Å². The Balaban J connectivity index is 4.96. The van der Waals surface area contributed by atoms with Crippen LogP contribution in [0.3, 0.4) is 0 Å². The molecule has 3 nitrogen and oxygen atoms in total. The molecule has 0 N–H and O–H groups in total. The SMILES string of the molecule is CC(=O)C(CSC(=S)N(C(C)C)C(C)C)SC(=S)N(C(C)C)C(C)C. The minimum absolute atomic E-state index is 0.149. The van der Waals surface area contributed by atoms with Gasteiger partial charge in [0, 0.05) is 29.9 Å². The van der Waals surface area contributed by atoms with E-state index in [1.54, 1.807) is 18.7 Å². The summed E-state index contributed by atoms with van der Waals surface area (Å²) < 4.78 is 1.65. The molecular formula is C18H34N2OS4. The topological polar surface area (TPSA) is 23.6 Å². The zero-order valence-corrected chi connectivity index (χ0v) is 20.3. The summed E-state index contributed by atoms with van der Waals surface area (Å²) in [5.74, 6) is 0.801. The lowest BCUT2D eigenvalue weighted by molar-refractivity contribution is -0.116. The summed E-state index contributed by atoms with van der Waals surface area (Å²) >= 11 is 14.3. The minimum Gasteiger partial charge on any atom is -0.353 e. The van der Waals surface area contributed by atoms with Gasteiger partial charge in [-0.25, -0.2) is 0 Å². The first-order valence-electron chi connectivity index (χ1n) is 8.84. The van der Waals surface area contributed by atoms with Gasteiger partial charge in [-0.05, 0) is 62.3 Å². The van der Waals surface area contributed by atoms with Crippen molar-refractivity contribution < 1.29 is 4.79 Å². The maximum Gasteiger partial charge on any atom is 0.144 e. The fourth-order valence-electron chi connectivity index (χ4n) is 2.67. The molecule has 25 heavy (non-hydrogen) atoms. The Morgan fingerprint density at radius 1 is 0.800 bits per heavy atom. The van der Waals surface area contributed by atoms with Crippen LogP contribution in [0.15, 0.2) is 0 Å². The quantitative estimate of drug-likeness (QED) is 0.494.